The van der Waals surface area contributed by atoms with E-state index in [1.165, 1.54) is 0 Å². The Morgan fingerprint density at radius 3 is 2.61 bits per heavy atom. The standard InChI is InChI=1S/C13H19O4P/c1-3-16-11-7-5-6-8-12(11)18(15)10-9-13(14)17-4-2/h5-8,18H,3-4,9-10H2,1-2H3. The second-order valence-electron chi connectivity index (χ2n) is 3.66. The third kappa shape index (κ3) is 4.53. The van der Waals surface area contributed by atoms with Gasteiger partial charge in [0.25, 0.3) is 0 Å². The van der Waals surface area contributed by atoms with E-state index in [0.29, 0.717) is 30.4 Å². The molecule has 0 aliphatic rings. The van der Waals surface area contributed by atoms with E-state index in [9.17, 15) is 9.36 Å². The second-order valence-corrected chi connectivity index (χ2v) is 5.54. The molecule has 0 aliphatic carbocycles. The molecular formula is C13H19O4P. The molecule has 1 aromatic carbocycles. The molecule has 0 N–H and O–H groups in total. The molecule has 1 rings (SSSR count). The first kappa shape index (κ1) is 14.8. The average molecular weight is 270 g/mol. The summed E-state index contributed by atoms with van der Waals surface area (Å²) >= 11 is 0. The third-order valence-electron chi connectivity index (χ3n) is 2.35. The molecule has 0 heterocycles. The Labute approximate surface area is 108 Å². The molecule has 0 fully saturated rings. The van der Waals surface area contributed by atoms with Gasteiger partial charge < -0.3 is 14.0 Å². The van der Waals surface area contributed by atoms with Gasteiger partial charge in [-0.3, -0.25) is 4.79 Å². The lowest BCUT2D eigenvalue weighted by Crippen LogP contribution is -2.09. The van der Waals surface area contributed by atoms with E-state index in [0.717, 1.165) is 0 Å². The average Bonchev–Trinajstić information content (AvgIpc) is 2.37. The summed E-state index contributed by atoms with van der Waals surface area (Å²) in [4.78, 5) is 11.2. The quantitative estimate of drug-likeness (QED) is 0.563. The Balaban J connectivity index is 2.63. The van der Waals surface area contributed by atoms with Gasteiger partial charge in [0.15, 0.2) is 0 Å². The van der Waals surface area contributed by atoms with Crippen molar-refractivity contribution in [1.29, 1.82) is 0 Å². The first-order valence-electron chi connectivity index (χ1n) is 6.09. The van der Waals surface area contributed by atoms with Gasteiger partial charge in [-0.15, -0.1) is 0 Å². The highest BCUT2D eigenvalue weighted by molar-refractivity contribution is 7.53. The number of carbonyl (C=O) groups excluding carboxylic acids is 1. The molecule has 0 aromatic heterocycles. The van der Waals surface area contributed by atoms with E-state index >= 15 is 0 Å². The molecule has 4 nitrogen and oxygen atoms in total. The number of hydrogen-bond donors (Lipinski definition) is 0. The topological polar surface area (TPSA) is 52.6 Å². The van der Waals surface area contributed by atoms with Crippen LogP contribution in [-0.2, 0) is 14.1 Å². The molecule has 1 atom stereocenters. The molecule has 1 unspecified atom stereocenters. The summed E-state index contributed by atoms with van der Waals surface area (Å²) < 4.78 is 22.4. The largest absolute Gasteiger partial charge is 0.493 e. The number of ether oxygens (including phenoxy) is 2. The van der Waals surface area contributed by atoms with Crippen LogP contribution in [0.4, 0.5) is 0 Å². The normalized spacial score (nSPS) is 11.9. The van der Waals surface area contributed by atoms with Gasteiger partial charge in [-0.2, -0.15) is 0 Å². The smallest absolute Gasteiger partial charge is 0.306 e. The van der Waals surface area contributed by atoms with Gasteiger partial charge in [0, 0.05) is 6.16 Å². The molecule has 0 bridgehead atoms. The van der Waals surface area contributed by atoms with Gasteiger partial charge in [0.1, 0.15) is 13.6 Å². The van der Waals surface area contributed by atoms with Crippen molar-refractivity contribution in [3.63, 3.8) is 0 Å². The minimum Gasteiger partial charge on any atom is -0.493 e. The Kier molecular flexibility index (Phi) is 6.51. The first-order valence-corrected chi connectivity index (χ1v) is 7.71. The molecule has 18 heavy (non-hydrogen) atoms. The van der Waals surface area contributed by atoms with Crippen LogP contribution in [0.25, 0.3) is 0 Å². The minimum absolute atomic E-state index is 0.187. The maximum atomic E-state index is 12.1. The summed E-state index contributed by atoms with van der Waals surface area (Å²) in [7, 11) is -2.01. The van der Waals surface area contributed by atoms with Gasteiger partial charge in [0.05, 0.1) is 24.9 Å². The van der Waals surface area contributed by atoms with E-state index in [-0.39, 0.29) is 12.4 Å². The van der Waals surface area contributed by atoms with Crippen LogP contribution < -0.4 is 10.0 Å². The fourth-order valence-corrected chi connectivity index (χ4v) is 2.97. The molecule has 0 saturated carbocycles. The van der Waals surface area contributed by atoms with Gasteiger partial charge in [-0.05, 0) is 26.0 Å². The third-order valence-corrected chi connectivity index (χ3v) is 4.07. The van der Waals surface area contributed by atoms with Crippen LogP contribution in [0.3, 0.4) is 0 Å². The Bertz CT molecular complexity index is 417. The van der Waals surface area contributed by atoms with Crippen LogP contribution in [-0.4, -0.2) is 25.3 Å². The lowest BCUT2D eigenvalue weighted by Gasteiger charge is -2.09. The zero-order chi connectivity index (χ0) is 13.4. The lowest BCUT2D eigenvalue weighted by molar-refractivity contribution is -0.142. The Hall–Kier alpha value is -1.28. The van der Waals surface area contributed by atoms with Crippen molar-refractivity contribution in [2.75, 3.05) is 19.4 Å². The van der Waals surface area contributed by atoms with Crippen molar-refractivity contribution in [3.05, 3.63) is 24.3 Å². The van der Waals surface area contributed by atoms with Crippen molar-refractivity contribution < 1.29 is 18.8 Å². The summed E-state index contributed by atoms with van der Waals surface area (Å²) in [5.41, 5.74) is 0. The highest BCUT2D eigenvalue weighted by atomic mass is 31.1. The van der Waals surface area contributed by atoms with Gasteiger partial charge in [-0.25, -0.2) is 0 Å². The fraction of sp³-hybridized carbons (Fsp3) is 0.462. The number of benzene rings is 1. The molecule has 0 amide bonds. The van der Waals surface area contributed by atoms with Crippen LogP contribution >= 0.6 is 7.80 Å². The fourth-order valence-electron chi connectivity index (χ4n) is 1.56. The highest BCUT2D eigenvalue weighted by Crippen LogP contribution is 2.26. The van der Waals surface area contributed by atoms with Crippen molar-refractivity contribution in [2.45, 2.75) is 20.3 Å². The van der Waals surface area contributed by atoms with E-state index in [1.54, 1.807) is 19.1 Å². The Morgan fingerprint density at radius 2 is 1.94 bits per heavy atom. The summed E-state index contributed by atoms with van der Waals surface area (Å²) in [6.45, 7) is 4.53. The maximum absolute atomic E-state index is 12.1. The van der Waals surface area contributed by atoms with Crippen molar-refractivity contribution in [3.8, 4) is 5.75 Å². The number of para-hydroxylation sites is 1. The van der Waals surface area contributed by atoms with E-state index in [4.69, 9.17) is 9.47 Å². The number of hydrogen-bond acceptors (Lipinski definition) is 4. The van der Waals surface area contributed by atoms with Crippen LogP contribution in [0, 0.1) is 0 Å². The lowest BCUT2D eigenvalue weighted by atomic mass is 10.3. The summed E-state index contributed by atoms with van der Waals surface area (Å²) in [6.07, 6.45) is 0.514. The van der Waals surface area contributed by atoms with Crippen molar-refractivity contribution in [2.24, 2.45) is 0 Å². The van der Waals surface area contributed by atoms with Crippen LogP contribution in [0.1, 0.15) is 20.3 Å². The van der Waals surface area contributed by atoms with E-state index in [2.05, 4.69) is 0 Å². The van der Waals surface area contributed by atoms with Crippen LogP contribution in [0.15, 0.2) is 24.3 Å². The zero-order valence-electron chi connectivity index (χ0n) is 10.8. The summed E-state index contributed by atoms with van der Waals surface area (Å²) in [5.74, 6) is 0.345. The van der Waals surface area contributed by atoms with Crippen molar-refractivity contribution in [1.82, 2.24) is 0 Å². The van der Waals surface area contributed by atoms with Crippen LogP contribution in [0.5, 0.6) is 5.75 Å². The molecule has 0 radical (unpaired) electrons. The predicted molar refractivity (Wildman–Crippen MR) is 72.4 cm³/mol. The summed E-state index contributed by atoms with van der Waals surface area (Å²) in [5, 5.41) is 0.702. The predicted octanol–water partition coefficient (Wildman–Crippen LogP) is 2.22. The number of carbonyl (C=O) groups is 1. The van der Waals surface area contributed by atoms with Gasteiger partial charge in [-0.1, -0.05) is 12.1 Å². The summed E-state index contributed by atoms with van der Waals surface area (Å²) in [6, 6.07) is 7.25. The molecule has 5 heteroatoms. The number of rotatable bonds is 7. The second kappa shape index (κ2) is 7.93. The molecular weight excluding hydrogens is 251 g/mol. The molecule has 0 spiro atoms. The molecule has 0 saturated heterocycles. The van der Waals surface area contributed by atoms with Crippen LogP contribution in [0.2, 0.25) is 0 Å². The monoisotopic (exact) mass is 270 g/mol. The molecule has 0 aliphatic heterocycles. The first-order chi connectivity index (χ1) is 8.69. The maximum Gasteiger partial charge on any atom is 0.306 e. The van der Waals surface area contributed by atoms with E-state index in [1.807, 2.05) is 19.1 Å². The molecule has 100 valence electrons. The van der Waals surface area contributed by atoms with Crippen molar-refractivity contribution >= 4 is 19.1 Å². The SMILES string of the molecule is CCOC(=O)CC[PH](=O)c1ccccc1OCC. The zero-order valence-corrected chi connectivity index (χ0v) is 11.8. The van der Waals surface area contributed by atoms with E-state index < -0.39 is 7.80 Å². The number of esters is 1. The highest BCUT2D eigenvalue weighted by Gasteiger charge is 2.12. The van der Waals surface area contributed by atoms with Gasteiger partial charge in [0.2, 0.25) is 0 Å². The van der Waals surface area contributed by atoms with Gasteiger partial charge >= 0.3 is 5.97 Å². The minimum atomic E-state index is -2.01. The molecule has 1 aromatic rings. The Morgan fingerprint density at radius 1 is 1.22 bits per heavy atom.